The minimum atomic E-state index is -0.586. The number of esters is 1. The van der Waals surface area contributed by atoms with E-state index in [0.717, 1.165) is 37.2 Å². The van der Waals surface area contributed by atoms with Gasteiger partial charge in [-0.15, -0.1) is 0 Å². The van der Waals surface area contributed by atoms with Gasteiger partial charge in [0.2, 0.25) is 0 Å². The summed E-state index contributed by atoms with van der Waals surface area (Å²) in [6, 6.07) is 13.8. The molecule has 0 bridgehead atoms. The van der Waals surface area contributed by atoms with E-state index in [9.17, 15) is 14.9 Å². The van der Waals surface area contributed by atoms with Crippen LogP contribution in [0, 0.1) is 10.1 Å². The lowest BCUT2D eigenvalue weighted by Crippen LogP contribution is -2.19. The summed E-state index contributed by atoms with van der Waals surface area (Å²) in [5.41, 5.74) is 2.38. The first-order valence-electron chi connectivity index (χ1n) is 9.41. The summed E-state index contributed by atoms with van der Waals surface area (Å²) in [5, 5.41) is 15.6. The van der Waals surface area contributed by atoms with Crippen molar-refractivity contribution in [3.63, 3.8) is 0 Å². The van der Waals surface area contributed by atoms with E-state index in [1.165, 1.54) is 6.07 Å². The van der Waals surface area contributed by atoms with Crippen LogP contribution in [0.2, 0.25) is 0 Å². The van der Waals surface area contributed by atoms with Crippen LogP contribution < -0.4 is 4.90 Å². The summed E-state index contributed by atoms with van der Waals surface area (Å²) in [6.45, 7) is 1.66. The molecule has 0 unspecified atom stereocenters. The molecule has 1 fully saturated rings. The maximum absolute atomic E-state index is 12.4. The largest absolute Gasteiger partial charge is 0.457 e. The molecule has 0 radical (unpaired) electrons. The fraction of sp³-hybridized carbons (Fsp3) is 0.238. The first-order chi connectivity index (χ1) is 14.1. The zero-order valence-electron chi connectivity index (χ0n) is 15.7. The molecule has 0 atom stereocenters. The maximum atomic E-state index is 12.4. The van der Waals surface area contributed by atoms with Crippen molar-refractivity contribution in [2.24, 2.45) is 0 Å². The third kappa shape index (κ3) is 4.11. The van der Waals surface area contributed by atoms with E-state index in [1.807, 2.05) is 41.4 Å². The number of aromatic nitrogens is 2. The molecule has 0 aliphatic carbocycles. The maximum Gasteiger partial charge on any atom is 0.338 e. The Morgan fingerprint density at radius 3 is 2.55 bits per heavy atom. The second-order valence-electron chi connectivity index (χ2n) is 6.85. The highest BCUT2D eigenvalue weighted by atomic mass is 16.6. The highest BCUT2D eigenvalue weighted by molar-refractivity contribution is 5.91. The minimum absolute atomic E-state index is 0.0649. The Morgan fingerprint density at radius 1 is 1.14 bits per heavy atom. The highest BCUT2D eigenvalue weighted by Crippen LogP contribution is 2.31. The van der Waals surface area contributed by atoms with Gasteiger partial charge in [0.25, 0.3) is 5.69 Å². The van der Waals surface area contributed by atoms with Gasteiger partial charge in [-0.2, -0.15) is 5.10 Å². The van der Waals surface area contributed by atoms with Crippen molar-refractivity contribution in [3.05, 3.63) is 82.2 Å². The van der Waals surface area contributed by atoms with Gasteiger partial charge < -0.3 is 9.64 Å². The molecule has 29 heavy (non-hydrogen) atoms. The van der Waals surface area contributed by atoms with E-state index in [4.69, 9.17) is 4.74 Å². The van der Waals surface area contributed by atoms with Gasteiger partial charge in [-0.25, -0.2) is 9.48 Å². The summed E-state index contributed by atoms with van der Waals surface area (Å²) >= 11 is 0. The molecule has 0 N–H and O–H groups in total. The molecule has 1 aliphatic rings. The van der Waals surface area contributed by atoms with Crippen LogP contribution in [0.25, 0.3) is 5.69 Å². The van der Waals surface area contributed by atoms with E-state index < -0.39 is 10.9 Å². The number of nitrogens with zero attached hydrogens (tertiary/aromatic N) is 4. The number of carbonyl (C=O) groups excluding carboxylic acids is 1. The molecule has 0 amide bonds. The first-order valence-corrected chi connectivity index (χ1v) is 9.41. The molecule has 2 aromatic carbocycles. The van der Waals surface area contributed by atoms with Crippen LogP contribution in [-0.2, 0) is 11.3 Å². The fourth-order valence-electron chi connectivity index (χ4n) is 3.42. The van der Waals surface area contributed by atoms with Gasteiger partial charge >= 0.3 is 5.97 Å². The number of hydrogen-bond donors (Lipinski definition) is 0. The Morgan fingerprint density at radius 2 is 1.90 bits per heavy atom. The topological polar surface area (TPSA) is 90.5 Å². The molecule has 1 aliphatic heterocycles. The Hall–Kier alpha value is -3.68. The first kappa shape index (κ1) is 18.7. The number of rotatable bonds is 6. The van der Waals surface area contributed by atoms with Crippen LogP contribution in [0.4, 0.5) is 11.4 Å². The van der Waals surface area contributed by atoms with Gasteiger partial charge in [0.05, 0.1) is 16.2 Å². The highest BCUT2D eigenvalue weighted by Gasteiger charge is 2.24. The predicted molar refractivity (Wildman–Crippen MR) is 107 cm³/mol. The average molecular weight is 392 g/mol. The smallest absolute Gasteiger partial charge is 0.338 e. The molecule has 148 valence electrons. The SMILES string of the molecule is O=C(OCc1ccc(-n2cccn2)cc1)c1ccc(N2CCCC2)c([N+](=O)[O-])c1. The van der Waals surface area contributed by atoms with Gasteiger partial charge in [-0.1, -0.05) is 12.1 Å². The fourth-order valence-corrected chi connectivity index (χ4v) is 3.42. The molecule has 3 aromatic rings. The van der Waals surface area contributed by atoms with Crippen molar-refractivity contribution >= 4 is 17.3 Å². The molecular formula is C21H20N4O4. The third-order valence-electron chi connectivity index (χ3n) is 4.93. The summed E-state index contributed by atoms with van der Waals surface area (Å²) in [5.74, 6) is -0.586. The number of ether oxygens (including phenoxy) is 1. The molecule has 8 nitrogen and oxygen atoms in total. The summed E-state index contributed by atoms with van der Waals surface area (Å²) < 4.78 is 7.08. The van der Waals surface area contributed by atoms with E-state index >= 15 is 0 Å². The van der Waals surface area contributed by atoms with Crippen LogP contribution >= 0.6 is 0 Å². The lowest BCUT2D eigenvalue weighted by Gasteiger charge is -2.17. The molecule has 1 aromatic heterocycles. The molecule has 1 saturated heterocycles. The molecule has 2 heterocycles. The summed E-state index contributed by atoms with van der Waals surface area (Å²) in [6.07, 6.45) is 5.57. The standard InChI is InChI=1S/C21H20N4O4/c26-21(29-15-16-4-7-18(8-5-16)24-13-3-10-22-24)17-6-9-19(20(14-17)25(27)28)23-11-1-2-12-23/h3-10,13-14H,1-2,11-12,15H2. The number of anilines is 1. The van der Waals surface area contributed by atoms with Crippen molar-refractivity contribution < 1.29 is 14.5 Å². The number of carbonyl (C=O) groups is 1. The normalized spacial score (nSPS) is 13.4. The summed E-state index contributed by atoms with van der Waals surface area (Å²) in [7, 11) is 0. The van der Waals surface area contributed by atoms with Gasteiger partial charge in [0, 0.05) is 31.5 Å². The van der Waals surface area contributed by atoms with Crippen molar-refractivity contribution in [1.82, 2.24) is 9.78 Å². The van der Waals surface area contributed by atoms with Crippen LogP contribution in [0.5, 0.6) is 0 Å². The van der Waals surface area contributed by atoms with Gasteiger partial charge in [0.15, 0.2) is 0 Å². The second-order valence-corrected chi connectivity index (χ2v) is 6.85. The summed E-state index contributed by atoms with van der Waals surface area (Å²) in [4.78, 5) is 25.4. The van der Waals surface area contributed by atoms with E-state index in [1.54, 1.807) is 23.0 Å². The third-order valence-corrected chi connectivity index (χ3v) is 4.93. The number of benzene rings is 2. The second kappa shape index (κ2) is 8.14. The van der Waals surface area contributed by atoms with Gasteiger partial charge in [-0.05, 0) is 48.7 Å². The van der Waals surface area contributed by atoms with Crippen molar-refractivity contribution in [2.75, 3.05) is 18.0 Å². The van der Waals surface area contributed by atoms with Crippen molar-refractivity contribution in [1.29, 1.82) is 0 Å². The van der Waals surface area contributed by atoms with Gasteiger partial charge in [-0.3, -0.25) is 10.1 Å². The van der Waals surface area contributed by atoms with Crippen LogP contribution in [-0.4, -0.2) is 33.8 Å². The van der Waals surface area contributed by atoms with Crippen LogP contribution in [0.3, 0.4) is 0 Å². The van der Waals surface area contributed by atoms with E-state index in [0.29, 0.717) is 5.69 Å². The monoisotopic (exact) mass is 392 g/mol. The van der Waals surface area contributed by atoms with E-state index in [2.05, 4.69) is 5.10 Å². The minimum Gasteiger partial charge on any atom is -0.457 e. The molecule has 0 spiro atoms. The van der Waals surface area contributed by atoms with E-state index in [-0.39, 0.29) is 17.9 Å². The van der Waals surface area contributed by atoms with Gasteiger partial charge in [0.1, 0.15) is 12.3 Å². The predicted octanol–water partition coefficient (Wildman–Crippen LogP) is 3.74. The molecule has 4 rings (SSSR count). The lowest BCUT2D eigenvalue weighted by molar-refractivity contribution is -0.384. The average Bonchev–Trinajstić information content (AvgIpc) is 3.46. The lowest BCUT2D eigenvalue weighted by atomic mass is 10.1. The number of nitro groups is 1. The zero-order valence-corrected chi connectivity index (χ0v) is 15.7. The number of nitro benzene ring substituents is 1. The molecule has 0 saturated carbocycles. The molecule has 8 heteroatoms. The van der Waals surface area contributed by atoms with Crippen LogP contribution in [0.15, 0.2) is 60.9 Å². The number of hydrogen-bond acceptors (Lipinski definition) is 6. The molecular weight excluding hydrogens is 372 g/mol. The van der Waals surface area contributed by atoms with Crippen molar-refractivity contribution in [2.45, 2.75) is 19.4 Å². The Kier molecular flexibility index (Phi) is 5.24. The Bertz CT molecular complexity index is 1010. The Balaban J connectivity index is 1.44. The van der Waals surface area contributed by atoms with Crippen LogP contribution in [0.1, 0.15) is 28.8 Å². The van der Waals surface area contributed by atoms with Crippen molar-refractivity contribution in [3.8, 4) is 5.69 Å². The quantitative estimate of drug-likeness (QED) is 0.361. The zero-order chi connectivity index (χ0) is 20.2. The Labute approximate surface area is 167 Å².